The molecule has 0 heterocycles. The molecule has 1 aliphatic rings. The van der Waals surface area contributed by atoms with Gasteiger partial charge in [0.15, 0.2) is 0 Å². The molecule has 0 unspecified atom stereocenters. The van der Waals surface area contributed by atoms with Crippen LogP contribution in [-0.4, -0.2) is 12.3 Å². The molecule has 1 aliphatic carbocycles. The number of aliphatic imine (C=N–C) groups is 1. The van der Waals surface area contributed by atoms with Crippen molar-refractivity contribution in [1.82, 2.24) is 0 Å². The molecule has 1 rings (SSSR count). The van der Waals surface area contributed by atoms with Gasteiger partial charge in [0.2, 0.25) is 5.88 Å². The summed E-state index contributed by atoms with van der Waals surface area (Å²) in [5.41, 5.74) is 0.908. The van der Waals surface area contributed by atoms with Crippen molar-refractivity contribution in [1.29, 1.82) is 0 Å². The Bertz CT molecular complexity index is 202. The minimum atomic E-state index is 0.379. The molecule has 0 bridgehead atoms. The van der Waals surface area contributed by atoms with E-state index in [1.807, 2.05) is 6.92 Å². The lowest BCUT2D eigenvalue weighted by Crippen LogP contribution is -1.90. The zero-order chi connectivity index (χ0) is 8.27. The third kappa shape index (κ3) is 3.61. The van der Waals surface area contributed by atoms with Crippen LogP contribution in [0.2, 0.25) is 0 Å². The fourth-order valence-corrected chi connectivity index (χ4v) is 0.591. The minimum absolute atomic E-state index is 0.379. The molecule has 0 aromatic rings. The molecule has 11 heavy (non-hydrogen) atoms. The number of allylic oxidation sites excluding steroid dienone is 1. The van der Waals surface area contributed by atoms with Gasteiger partial charge in [0.1, 0.15) is 6.10 Å². The largest absolute Gasteiger partial charge is 0.475 e. The molecule has 0 aromatic carbocycles. The first-order valence-electron chi connectivity index (χ1n) is 3.73. The van der Waals surface area contributed by atoms with Crippen molar-refractivity contribution in [2.75, 3.05) is 0 Å². The van der Waals surface area contributed by atoms with Crippen molar-refractivity contribution in [2.45, 2.75) is 25.9 Å². The molecule has 2 nitrogen and oxygen atoms in total. The number of hydrogen-bond donors (Lipinski definition) is 0. The van der Waals surface area contributed by atoms with Gasteiger partial charge in [0.25, 0.3) is 0 Å². The van der Waals surface area contributed by atoms with Gasteiger partial charge >= 0.3 is 0 Å². The molecule has 0 atom stereocenters. The van der Waals surface area contributed by atoms with Gasteiger partial charge in [0, 0.05) is 6.21 Å². The summed E-state index contributed by atoms with van der Waals surface area (Å²) in [5, 5.41) is 0. The maximum atomic E-state index is 5.28. The highest BCUT2D eigenvalue weighted by Crippen LogP contribution is 2.25. The molecule has 0 saturated heterocycles. The van der Waals surface area contributed by atoms with Gasteiger partial charge in [-0.15, -0.1) is 0 Å². The van der Waals surface area contributed by atoms with Crippen molar-refractivity contribution in [3.05, 3.63) is 24.6 Å². The fourth-order valence-electron chi connectivity index (χ4n) is 0.591. The fraction of sp³-hybridized carbons (Fsp3) is 0.444. The van der Waals surface area contributed by atoms with E-state index in [1.165, 1.54) is 0 Å². The second-order valence-electron chi connectivity index (χ2n) is 2.82. The summed E-state index contributed by atoms with van der Waals surface area (Å²) in [5.74, 6) is 0.496. The van der Waals surface area contributed by atoms with Crippen LogP contribution in [0.1, 0.15) is 19.8 Å². The maximum Gasteiger partial charge on any atom is 0.205 e. The minimum Gasteiger partial charge on any atom is -0.475 e. The Labute approximate surface area is 67.3 Å². The standard InChI is InChI=1S/C9H13NO/c1-7(2)6-10-8(3)11-9-4-5-9/h6,9H,1,3-5H2,2H3/b10-6-. The summed E-state index contributed by atoms with van der Waals surface area (Å²) < 4.78 is 5.28. The number of ether oxygens (including phenoxy) is 1. The average Bonchev–Trinajstić information content (AvgIpc) is 2.67. The van der Waals surface area contributed by atoms with E-state index < -0.39 is 0 Å². The lowest BCUT2D eigenvalue weighted by Gasteiger charge is -2.00. The first-order valence-corrected chi connectivity index (χ1v) is 3.73. The zero-order valence-corrected chi connectivity index (χ0v) is 6.84. The molecular weight excluding hydrogens is 138 g/mol. The first-order chi connectivity index (χ1) is 5.18. The molecule has 1 fully saturated rings. The third-order valence-corrected chi connectivity index (χ3v) is 1.26. The Morgan fingerprint density at radius 3 is 2.64 bits per heavy atom. The van der Waals surface area contributed by atoms with Crippen molar-refractivity contribution in [3.8, 4) is 0 Å². The van der Waals surface area contributed by atoms with Crippen LogP contribution in [0, 0.1) is 0 Å². The topological polar surface area (TPSA) is 21.6 Å². The van der Waals surface area contributed by atoms with Crippen LogP contribution in [0.25, 0.3) is 0 Å². The molecule has 0 spiro atoms. The summed E-state index contributed by atoms with van der Waals surface area (Å²) in [6, 6.07) is 0. The van der Waals surface area contributed by atoms with Crippen molar-refractivity contribution in [2.24, 2.45) is 4.99 Å². The van der Waals surface area contributed by atoms with Crippen molar-refractivity contribution >= 4 is 6.21 Å². The highest BCUT2D eigenvalue weighted by Gasteiger charge is 2.23. The van der Waals surface area contributed by atoms with E-state index in [0.717, 1.165) is 18.4 Å². The molecule has 0 aliphatic heterocycles. The highest BCUT2D eigenvalue weighted by atomic mass is 16.5. The molecule has 0 aromatic heterocycles. The van der Waals surface area contributed by atoms with Gasteiger partial charge in [-0.1, -0.05) is 6.58 Å². The third-order valence-electron chi connectivity index (χ3n) is 1.26. The SMILES string of the molecule is C=C(C)/C=N\C(=C)OC1CC1. The first kappa shape index (κ1) is 8.05. The van der Waals surface area contributed by atoms with E-state index in [-0.39, 0.29) is 0 Å². The van der Waals surface area contributed by atoms with Gasteiger partial charge in [-0.2, -0.15) is 0 Å². The van der Waals surface area contributed by atoms with Gasteiger partial charge in [-0.3, -0.25) is 0 Å². The summed E-state index contributed by atoms with van der Waals surface area (Å²) in [6.07, 6.45) is 4.32. The predicted molar refractivity (Wildman–Crippen MR) is 46.6 cm³/mol. The lowest BCUT2D eigenvalue weighted by molar-refractivity contribution is 0.197. The Balaban J connectivity index is 2.23. The second-order valence-corrected chi connectivity index (χ2v) is 2.82. The van der Waals surface area contributed by atoms with Crippen LogP contribution in [0.4, 0.5) is 0 Å². The summed E-state index contributed by atoms with van der Waals surface area (Å²) >= 11 is 0. The number of nitrogens with zero attached hydrogens (tertiary/aromatic N) is 1. The molecule has 60 valence electrons. The Hall–Kier alpha value is -1.05. The second kappa shape index (κ2) is 3.37. The van der Waals surface area contributed by atoms with Gasteiger partial charge in [-0.05, 0) is 31.9 Å². The molecule has 0 N–H and O–H groups in total. The van der Waals surface area contributed by atoms with E-state index in [2.05, 4.69) is 18.2 Å². The van der Waals surface area contributed by atoms with Gasteiger partial charge < -0.3 is 4.74 Å². The van der Waals surface area contributed by atoms with Crippen molar-refractivity contribution in [3.63, 3.8) is 0 Å². The van der Waals surface area contributed by atoms with E-state index in [1.54, 1.807) is 6.21 Å². The Morgan fingerprint density at radius 2 is 2.18 bits per heavy atom. The van der Waals surface area contributed by atoms with Crippen LogP contribution in [0.5, 0.6) is 0 Å². The Morgan fingerprint density at radius 1 is 1.55 bits per heavy atom. The van der Waals surface area contributed by atoms with Gasteiger partial charge in [0.05, 0.1) is 0 Å². The molecule has 1 saturated carbocycles. The van der Waals surface area contributed by atoms with E-state index in [4.69, 9.17) is 4.74 Å². The highest BCUT2D eigenvalue weighted by molar-refractivity contribution is 5.77. The van der Waals surface area contributed by atoms with Crippen LogP contribution in [-0.2, 0) is 4.74 Å². The molecule has 0 radical (unpaired) electrons. The monoisotopic (exact) mass is 151 g/mol. The van der Waals surface area contributed by atoms with Crippen LogP contribution < -0.4 is 0 Å². The summed E-state index contributed by atoms with van der Waals surface area (Å²) in [4.78, 5) is 3.96. The quantitative estimate of drug-likeness (QED) is 0.446. The van der Waals surface area contributed by atoms with Gasteiger partial charge in [-0.25, -0.2) is 4.99 Å². The van der Waals surface area contributed by atoms with E-state index >= 15 is 0 Å². The smallest absolute Gasteiger partial charge is 0.205 e. The summed E-state index contributed by atoms with van der Waals surface area (Å²) in [6.45, 7) is 9.20. The summed E-state index contributed by atoms with van der Waals surface area (Å²) in [7, 11) is 0. The predicted octanol–water partition coefficient (Wildman–Crippen LogP) is 2.28. The van der Waals surface area contributed by atoms with E-state index in [9.17, 15) is 0 Å². The molecular formula is C9H13NO. The molecule has 2 heteroatoms. The average molecular weight is 151 g/mol. The zero-order valence-electron chi connectivity index (χ0n) is 6.84. The van der Waals surface area contributed by atoms with Crippen LogP contribution >= 0.6 is 0 Å². The Kier molecular flexibility index (Phi) is 2.47. The van der Waals surface area contributed by atoms with E-state index in [0.29, 0.717) is 12.0 Å². The molecule has 0 amide bonds. The number of rotatable bonds is 4. The van der Waals surface area contributed by atoms with Crippen LogP contribution in [0.3, 0.4) is 0 Å². The maximum absolute atomic E-state index is 5.28. The normalized spacial score (nSPS) is 16.8. The number of hydrogen-bond acceptors (Lipinski definition) is 2. The van der Waals surface area contributed by atoms with Crippen LogP contribution in [0.15, 0.2) is 29.6 Å². The lowest BCUT2D eigenvalue weighted by atomic mass is 10.4. The van der Waals surface area contributed by atoms with Crippen molar-refractivity contribution < 1.29 is 4.74 Å².